The number of rotatable bonds is 5. The summed E-state index contributed by atoms with van der Waals surface area (Å²) in [5.74, 6) is 2.54. The highest BCUT2D eigenvalue weighted by Gasteiger charge is 2.43. The molecule has 122 valence electrons. The molecule has 1 aliphatic carbocycles. The van der Waals surface area contributed by atoms with Gasteiger partial charge in [0.2, 0.25) is 5.91 Å². The molecular weight excluding hydrogens is 260 g/mol. The minimum Gasteiger partial charge on any atom is -0.323 e. The second kappa shape index (κ2) is 7.13. The Hall–Kier alpha value is -0.570. The lowest BCUT2D eigenvalue weighted by molar-refractivity contribution is -0.133. The van der Waals surface area contributed by atoms with Crippen LogP contribution in [0.2, 0.25) is 0 Å². The van der Waals surface area contributed by atoms with E-state index in [1.165, 1.54) is 19.3 Å². The Morgan fingerprint density at radius 1 is 1.24 bits per heavy atom. The third kappa shape index (κ3) is 3.80. The SMILES string of the molecule is CCCC1NC(CC(C)C)N(C2CCC(C)C(C)C2)C1=O. The Morgan fingerprint density at radius 3 is 2.52 bits per heavy atom. The molecule has 3 nitrogen and oxygen atoms in total. The molecule has 2 aliphatic rings. The third-order valence-electron chi connectivity index (χ3n) is 5.52. The number of nitrogens with one attached hydrogen (secondary N) is 1. The molecule has 1 amide bonds. The molecule has 5 atom stereocenters. The summed E-state index contributed by atoms with van der Waals surface area (Å²) in [7, 11) is 0. The molecule has 0 aromatic carbocycles. The van der Waals surface area contributed by atoms with E-state index in [0.717, 1.165) is 31.1 Å². The first-order valence-electron chi connectivity index (χ1n) is 9.02. The number of nitrogens with zero attached hydrogens (tertiary/aromatic N) is 1. The highest BCUT2D eigenvalue weighted by molar-refractivity contribution is 5.84. The van der Waals surface area contributed by atoms with Crippen LogP contribution in [0.1, 0.15) is 73.1 Å². The Kier molecular flexibility index (Phi) is 5.70. The summed E-state index contributed by atoms with van der Waals surface area (Å²) >= 11 is 0. The van der Waals surface area contributed by atoms with E-state index in [-0.39, 0.29) is 12.2 Å². The molecule has 0 bridgehead atoms. The largest absolute Gasteiger partial charge is 0.323 e. The topological polar surface area (TPSA) is 32.3 Å². The Balaban J connectivity index is 2.10. The van der Waals surface area contributed by atoms with Gasteiger partial charge in [-0.25, -0.2) is 0 Å². The average molecular weight is 294 g/mol. The average Bonchev–Trinajstić information content (AvgIpc) is 2.69. The monoisotopic (exact) mass is 294 g/mol. The zero-order valence-electron chi connectivity index (χ0n) is 14.6. The summed E-state index contributed by atoms with van der Waals surface area (Å²) in [5.41, 5.74) is 0. The quantitative estimate of drug-likeness (QED) is 0.837. The van der Waals surface area contributed by atoms with E-state index in [1.807, 2.05) is 0 Å². The van der Waals surface area contributed by atoms with Crippen LogP contribution < -0.4 is 5.32 Å². The van der Waals surface area contributed by atoms with E-state index >= 15 is 0 Å². The zero-order valence-corrected chi connectivity index (χ0v) is 14.6. The van der Waals surface area contributed by atoms with Crippen molar-refractivity contribution in [2.75, 3.05) is 0 Å². The molecular formula is C18H34N2O. The number of amides is 1. The van der Waals surface area contributed by atoms with Gasteiger partial charge in [-0.15, -0.1) is 0 Å². The van der Waals surface area contributed by atoms with Crippen LogP contribution in [-0.2, 0) is 4.79 Å². The molecule has 1 N–H and O–H groups in total. The van der Waals surface area contributed by atoms with Gasteiger partial charge in [0, 0.05) is 6.04 Å². The maximum atomic E-state index is 12.8. The van der Waals surface area contributed by atoms with Gasteiger partial charge in [0.05, 0.1) is 12.2 Å². The van der Waals surface area contributed by atoms with E-state index in [4.69, 9.17) is 0 Å². The predicted molar refractivity (Wildman–Crippen MR) is 87.9 cm³/mol. The molecule has 3 heteroatoms. The maximum absolute atomic E-state index is 12.8. The summed E-state index contributed by atoms with van der Waals surface area (Å²) in [5, 5.41) is 3.62. The van der Waals surface area contributed by atoms with E-state index < -0.39 is 0 Å². The molecule has 1 saturated heterocycles. The van der Waals surface area contributed by atoms with Gasteiger partial charge in [-0.3, -0.25) is 10.1 Å². The lowest BCUT2D eigenvalue weighted by atomic mass is 9.78. The number of hydrogen-bond donors (Lipinski definition) is 1. The molecule has 5 unspecified atom stereocenters. The van der Waals surface area contributed by atoms with Crippen LogP contribution in [0.15, 0.2) is 0 Å². The van der Waals surface area contributed by atoms with Gasteiger partial charge in [0.1, 0.15) is 0 Å². The van der Waals surface area contributed by atoms with Crippen molar-refractivity contribution in [1.29, 1.82) is 0 Å². The molecule has 21 heavy (non-hydrogen) atoms. The molecule has 1 saturated carbocycles. The first-order valence-corrected chi connectivity index (χ1v) is 9.02. The molecule has 2 rings (SSSR count). The number of carbonyl (C=O) groups is 1. The fraction of sp³-hybridized carbons (Fsp3) is 0.944. The third-order valence-corrected chi connectivity index (χ3v) is 5.52. The Morgan fingerprint density at radius 2 is 1.95 bits per heavy atom. The van der Waals surface area contributed by atoms with Crippen LogP contribution >= 0.6 is 0 Å². The lowest BCUT2D eigenvalue weighted by Gasteiger charge is -2.40. The summed E-state index contributed by atoms with van der Waals surface area (Å²) in [6.07, 6.45) is 7.02. The van der Waals surface area contributed by atoms with Gasteiger partial charge in [-0.05, 0) is 49.9 Å². The van der Waals surface area contributed by atoms with Gasteiger partial charge in [-0.1, -0.05) is 41.0 Å². The highest BCUT2D eigenvalue weighted by atomic mass is 16.2. The minimum atomic E-state index is 0.0633. The van der Waals surface area contributed by atoms with Crippen molar-refractivity contribution in [1.82, 2.24) is 10.2 Å². The van der Waals surface area contributed by atoms with Crippen molar-refractivity contribution in [2.24, 2.45) is 17.8 Å². The van der Waals surface area contributed by atoms with Gasteiger partial charge in [0.25, 0.3) is 0 Å². The second-order valence-electron chi connectivity index (χ2n) is 7.82. The molecule has 0 spiro atoms. The summed E-state index contributed by atoms with van der Waals surface area (Å²) in [6.45, 7) is 11.4. The lowest BCUT2D eigenvalue weighted by Crippen LogP contribution is -2.47. The van der Waals surface area contributed by atoms with Gasteiger partial charge < -0.3 is 4.90 Å². The maximum Gasteiger partial charge on any atom is 0.241 e. The van der Waals surface area contributed by atoms with Crippen molar-refractivity contribution in [3.8, 4) is 0 Å². The van der Waals surface area contributed by atoms with Crippen LogP contribution in [0, 0.1) is 17.8 Å². The van der Waals surface area contributed by atoms with Crippen molar-refractivity contribution in [3.63, 3.8) is 0 Å². The Labute approximate surface area is 130 Å². The van der Waals surface area contributed by atoms with Crippen LogP contribution in [0.4, 0.5) is 0 Å². The first-order chi connectivity index (χ1) is 9.93. The number of carbonyl (C=O) groups excluding carboxylic acids is 1. The van der Waals surface area contributed by atoms with Gasteiger partial charge >= 0.3 is 0 Å². The van der Waals surface area contributed by atoms with E-state index in [9.17, 15) is 4.79 Å². The van der Waals surface area contributed by atoms with Crippen molar-refractivity contribution >= 4 is 5.91 Å². The Bertz CT molecular complexity index is 353. The minimum absolute atomic E-state index is 0.0633. The highest BCUT2D eigenvalue weighted by Crippen LogP contribution is 2.35. The standard InChI is InChI=1S/C18H34N2O/c1-6-7-16-18(21)20(17(19-16)10-12(2)3)15-9-8-13(4)14(5)11-15/h12-17,19H,6-11H2,1-5H3. The first kappa shape index (κ1) is 16.8. The molecule has 0 aromatic heterocycles. The number of hydrogen-bond acceptors (Lipinski definition) is 2. The summed E-state index contributed by atoms with van der Waals surface area (Å²) in [6, 6.07) is 0.523. The van der Waals surface area contributed by atoms with Crippen molar-refractivity contribution < 1.29 is 4.79 Å². The normalized spacial score (nSPS) is 37.5. The molecule has 0 aromatic rings. The van der Waals surface area contributed by atoms with Crippen molar-refractivity contribution in [3.05, 3.63) is 0 Å². The van der Waals surface area contributed by atoms with Crippen molar-refractivity contribution in [2.45, 2.75) is 91.4 Å². The van der Waals surface area contributed by atoms with Crippen LogP contribution in [0.5, 0.6) is 0 Å². The van der Waals surface area contributed by atoms with Crippen LogP contribution in [0.3, 0.4) is 0 Å². The second-order valence-corrected chi connectivity index (χ2v) is 7.82. The fourth-order valence-corrected chi connectivity index (χ4v) is 4.05. The fourth-order valence-electron chi connectivity index (χ4n) is 4.05. The molecule has 2 fully saturated rings. The van der Waals surface area contributed by atoms with E-state index in [2.05, 4.69) is 44.8 Å². The molecule has 1 heterocycles. The van der Waals surface area contributed by atoms with E-state index in [1.54, 1.807) is 0 Å². The van der Waals surface area contributed by atoms with Crippen LogP contribution in [0.25, 0.3) is 0 Å². The summed E-state index contributed by atoms with van der Waals surface area (Å²) < 4.78 is 0. The molecule has 1 aliphatic heterocycles. The zero-order chi connectivity index (χ0) is 15.6. The van der Waals surface area contributed by atoms with Gasteiger partial charge in [0.15, 0.2) is 0 Å². The smallest absolute Gasteiger partial charge is 0.241 e. The van der Waals surface area contributed by atoms with E-state index in [0.29, 0.717) is 17.9 Å². The van der Waals surface area contributed by atoms with Gasteiger partial charge in [-0.2, -0.15) is 0 Å². The summed E-state index contributed by atoms with van der Waals surface area (Å²) in [4.78, 5) is 15.1. The predicted octanol–water partition coefficient (Wildman–Crippen LogP) is 3.78. The van der Waals surface area contributed by atoms with Crippen LogP contribution in [-0.4, -0.2) is 29.1 Å². The molecule has 0 radical (unpaired) electrons.